The van der Waals surface area contributed by atoms with Gasteiger partial charge in [-0.2, -0.15) is 0 Å². The first-order valence-electron chi connectivity index (χ1n) is 46.6. The van der Waals surface area contributed by atoms with Gasteiger partial charge in [0.25, 0.3) is 0 Å². The van der Waals surface area contributed by atoms with Gasteiger partial charge in [0.1, 0.15) is 5.69 Å². The standard InChI is InChI=1S/C43H26N4.2C42H25N3/c1-3-11-28(12-4-1)41-44-42(29-13-5-2-6-14-29)46-43(45-41)30-21-24-31(25-22-30)47-36-20-10-19-35-33-17-8-7-16-32(33)34-18-9-15-27-23-26-37(47)40(38(27)34)39(35)36;1-3-12-26(13-4-1)29-24-34-31-18-8-7-17-30(31)32-20-11-16-27-22-23-36-40(38(27)32)39(34)37(25-29)45(36)42-43-35-21-10-9-19-33(35)41(44-42)28-14-5-2-6-15-28;1-2-12-26(13-3-1)28-15-4-7-18-33(28)41-42(44-35-22-9-8-21-34(35)43-41)45-36-23-11-20-32-30-17-6-5-16-29(30)31-19-10-14-27-24-25-37(45)40(38(27)31)39(32)36/h1-26H;2*1-25H. The zero-order chi connectivity index (χ0) is 89.9. The van der Waals surface area contributed by atoms with Crippen molar-refractivity contribution in [2.75, 3.05) is 0 Å². The molecule has 137 heavy (non-hydrogen) atoms. The van der Waals surface area contributed by atoms with Crippen LogP contribution >= 0.6 is 0 Å². The van der Waals surface area contributed by atoms with Gasteiger partial charge >= 0.3 is 0 Å². The molecule has 0 fully saturated rings. The van der Waals surface area contributed by atoms with Crippen molar-refractivity contribution in [1.29, 1.82) is 0 Å². The number of nitrogens with zero attached hydrogens (tertiary/aromatic N) is 10. The molecule has 0 amide bonds. The molecule has 3 aliphatic carbocycles. The average molecular weight is 1740 g/mol. The van der Waals surface area contributed by atoms with E-state index in [4.69, 9.17) is 34.9 Å². The monoisotopic (exact) mass is 1740 g/mol. The first kappa shape index (κ1) is 77.3. The smallest absolute Gasteiger partial charge is 0.235 e. The minimum absolute atomic E-state index is 0.649. The molecule has 0 bridgehead atoms. The van der Waals surface area contributed by atoms with Crippen molar-refractivity contribution in [1.82, 2.24) is 48.6 Å². The first-order valence-corrected chi connectivity index (χ1v) is 46.6. The fourth-order valence-corrected chi connectivity index (χ4v) is 22.1. The van der Waals surface area contributed by atoms with E-state index in [0.717, 1.165) is 106 Å². The molecule has 10 nitrogen and oxygen atoms in total. The van der Waals surface area contributed by atoms with Gasteiger partial charge < -0.3 is 4.57 Å². The Balaban J connectivity index is 0.000000102. The van der Waals surface area contributed by atoms with Gasteiger partial charge in [-0.1, -0.05) is 376 Å². The largest absolute Gasteiger partial charge is 0.309 e. The third-order valence-electron chi connectivity index (χ3n) is 28.1. The highest BCUT2D eigenvalue weighted by molar-refractivity contribution is 6.34. The van der Waals surface area contributed by atoms with Crippen LogP contribution in [-0.2, 0) is 0 Å². The van der Waals surface area contributed by atoms with Crippen molar-refractivity contribution >= 4 is 120 Å². The highest BCUT2D eigenvalue weighted by atomic mass is 15.2. The van der Waals surface area contributed by atoms with E-state index in [1.54, 1.807) is 0 Å². The second-order valence-electron chi connectivity index (χ2n) is 35.6. The van der Waals surface area contributed by atoms with Gasteiger partial charge in [-0.25, -0.2) is 34.9 Å². The lowest BCUT2D eigenvalue weighted by atomic mass is 9.92. The topological polar surface area (TPSA) is 105 Å². The van der Waals surface area contributed by atoms with E-state index < -0.39 is 0 Å². The molecule has 0 spiro atoms. The predicted molar refractivity (Wildman–Crippen MR) is 566 cm³/mol. The molecule has 10 heteroatoms. The number of benzene rings is 21. The van der Waals surface area contributed by atoms with Crippen molar-refractivity contribution in [3.8, 4) is 163 Å². The van der Waals surface area contributed by atoms with E-state index >= 15 is 0 Å². The summed E-state index contributed by atoms with van der Waals surface area (Å²) in [6.45, 7) is 0. The van der Waals surface area contributed by atoms with Crippen LogP contribution in [0.1, 0.15) is 0 Å². The maximum Gasteiger partial charge on any atom is 0.235 e. The zero-order valence-electron chi connectivity index (χ0n) is 73.9. The van der Waals surface area contributed by atoms with Crippen molar-refractivity contribution in [3.05, 3.63) is 461 Å². The molecule has 6 aromatic heterocycles. The highest BCUT2D eigenvalue weighted by Crippen LogP contribution is 2.55. The van der Waals surface area contributed by atoms with E-state index in [9.17, 15) is 0 Å². The van der Waals surface area contributed by atoms with Crippen LogP contribution in [0.2, 0.25) is 0 Å². The second kappa shape index (κ2) is 31.1. The molecule has 0 unspecified atom stereocenters. The third kappa shape index (κ3) is 12.2. The van der Waals surface area contributed by atoms with Gasteiger partial charge in [-0.05, 0) is 206 Å². The second-order valence-corrected chi connectivity index (χ2v) is 35.6. The molecule has 21 aromatic carbocycles. The Hall–Kier alpha value is -18.5. The lowest BCUT2D eigenvalue weighted by Gasteiger charge is -2.17. The number of hydrogen-bond acceptors (Lipinski definition) is 7. The number of aromatic nitrogens is 10. The van der Waals surface area contributed by atoms with Gasteiger partial charge in [0, 0.05) is 71.2 Å². The summed E-state index contributed by atoms with van der Waals surface area (Å²) in [7, 11) is 0. The maximum atomic E-state index is 5.42. The van der Waals surface area contributed by atoms with Gasteiger partial charge in [-0.15, -0.1) is 0 Å². The van der Waals surface area contributed by atoms with Crippen molar-refractivity contribution in [2.24, 2.45) is 0 Å². The molecule has 0 atom stereocenters. The predicted octanol–water partition coefficient (Wildman–Crippen LogP) is 32.5. The molecule has 0 saturated heterocycles. The van der Waals surface area contributed by atoms with Crippen LogP contribution in [0.15, 0.2) is 461 Å². The number of fused-ring (bicyclic) bond motifs is 11. The van der Waals surface area contributed by atoms with Crippen LogP contribution < -0.4 is 0 Å². The van der Waals surface area contributed by atoms with E-state index in [-0.39, 0.29) is 0 Å². The summed E-state index contributed by atoms with van der Waals surface area (Å²) in [6, 6.07) is 164. The molecule has 634 valence electrons. The van der Waals surface area contributed by atoms with E-state index in [1.807, 2.05) is 78.9 Å². The summed E-state index contributed by atoms with van der Waals surface area (Å²) < 4.78 is 7.05. The Bertz CT molecular complexity index is 9650. The fraction of sp³-hybridized carbons (Fsp3) is 0. The molecule has 0 radical (unpaired) electrons. The van der Waals surface area contributed by atoms with Gasteiger partial charge in [0.05, 0.1) is 55.3 Å². The molecule has 0 aliphatic heterocycles. The number of hydrogen-bond donors (Lipinski definition) is 0. The van der Waals surface area contributed by atoms with Crippen LogP contribution in [0.25, 0.3) is 283 Å². The molecule has 27 aromatic rings. The fourth-order valence-electron chi connectivity index (χ4n) is 22.1. The lowest BCUT2D eigenvalue weighted by Crippen LogP contribution is -2.04. The summed E-state index contributed by atoms with van der Waals surface area (Å²) in [5, 5.41) is 16.3. The normalized spacial score (nSPS) is 11.9. The van der Waals surface area contributed by atoms with Crippen LogP contribution in [0, 0.1) is 0 Å². The molecule has 30 rings (SSSR count). The number of rotatable bonds is 10. The summed E-state index contributed by atoms with van der Waals surface area (Å²) in [5.41, 5.74) is 37.2. The van der Waals surface area contributed by atoms with E-state index in [0.29, 0.717) is 23.4 Å². The van der Waals surface area contributed by atoms with Crippen molar-refractivity contribution in [3.63, 3.8) is 0 Å². The molecule has 3 aliphatic rings. The third-order valence-corrected chi connectivity index (χ3v) is 28.1. The zero-order valence-corrected chi connectivity index (χ0v) is 73.9. The van der Waals surface area contributed by atoms with E-state index in [1.165, 1.54) is 154 Å². The molecular formula is C127H76N10. The van der Waals surface area contributed by atoms with Gasteiger partial charge in [0.15, 0.2) is 23.3 Å². The van der Waals surface area contributed by atoms with Crippen molar-refractivity contribution < 1.29 is 0 Å². The Labute approximate surface area is 787 Å². The summed E-state index contributed by atoms with van der Waals surface area (Å²) in [5.74, 6) is 3.47. The Morgan fingerprint density at radius 1 is 0.153 bits per heavy atom. The van der Waals surface area contributed by atoms with Crippen LogP contribution in [-0.4, -0.2) is 48.6 Å². The summed E-state index contributed by atoms with van der Waals surface area (Å²) >= 11 is 0. The molecular weight excluding hydrogens is 1670 g/mol. The number of para-hydroxylation sites is 3. The maximum absolute atomic E-state index is 5.42. The minimum Gasteiger partial charge on any atom is -0.309 e. The van der Waals surface area contributed by atoms with E-state index in [2.05, 4.69) is 396 Å². The summed E-state index contributed by atoms with van der Waals surface area (Å²) in [4.78, 5) is 36.2. The van der Waals surface area contributed by atoms with Gasteiger partial charge in [0.2, 0.25) is 5.95 Å². The van der Waals surface area contributed by atoms with Crippen LogP contribution in [0.5, 0.6) is 0 Å². The first-order chi connectivity index (χ1) is 68.0. The minimum atomic E-state index is 0.649. The van der Waals surface area contributed by atoms with Gasteiger partial charge in [-0.3, -0.25) is 9.13 Å². The average Bonchev–Trinajstić information content (AvgIpc) is 1.55. The SMILES string of the molecule is c1ccc(-c2cc3c4c5c6c(cccc6ccc5n(-c5nc(-c6ccccc6)c6ccccc6n5)c4c2)-c2ccccc2-3)cc1.c1ccc(-c2ccccc2-c2nc3ccccc3nc2-n2c3cccc4c3c3c5c(cccc5ccc32)-c2ccccc2-4)cc1.c1ccc(-c2nc(-c3ccccc3)nc(-c3ccc(-n4c5cccc6c5c5c7c(cccc7ccc54)-c4ccccc4-6)cc3)n2)cc1. The quantitative estimate of drug-likeness (QED) is 0.134. The lowest BCUT2D eigenvalue weighted by molar-refractivity contribution is 1.01. The summed E-state index contributed by atoms with van der Waals surface area (Å²) in [6.07, 6.45) is 0. The Morgan fingerprint density at radius 3 is 1.00 bits per heavy atom. The highest BCUT2D eigenvalue weighted by Gasteiger charge is 2.32. The molecule has 0 N–H and O–H groups in total. The van der Waals surface area contributed by atoms with Crippen LogP contribution in [0.4, 0.5) is 0 Å². The molecule has 0 saturated carbocycles. The Kier molecular flexibility index (Phi) is 17.5. The van der Waals surface area contributed by atoms with Crippen LogP contribution in [0.3, 0.4) is 0 Å². The molecule has 6 heterocycles. The Morgan fingerprint density at radius 2 is 0.504 bits per heavy atom. The van der Waals surface area contributed by atoms with Crippen molar-refractivity contribution in [2.45, 2.75) is 0 Å².